The van der Waals surface area contributed by atoms with Crippen LogP contribution in [0.4, 0.5) is 5.95 Å². The average Bonchev–Trinajstić information content (AvgIpc) is 2.82. The highest BCUT2D eigenvalue weighted by atomic mass is 79.9. The third-order valence-corrected chi connectivity index (χ3v) is 4.35. The summed E-state index contributed by atoms with van der Waals surface area (Å²) < 4.78 is 5.95. The molecule has 1 aliphatic rings. The van der Waals surface area contributed by atoms with Crippen molar-refractivity contribution >= 4 is 33.6 Å². The number of ether oxygens (including phenoxy) is 1. The lowest BCUT2D eigenvalue weighted by molar-refractivity contribution is 0.393. The van der Waals surface area contributed by atoms with Crippen molar-refractivity contribution in [3.8, 4) is 5.88 Å². The lowest BCUT2D eigenvalue weighted by Gasteiger charge is -2.23. The maximum Gasteiger partial charge on any atom is 0.232 e. The summed E-state index contributed by atoms with van der Waals surface area (Å²) in [6.45, 7) is 0. The number of anilines is 1. The number of nitrogens with zero attached hydrogens (tertiary/aromatic N) is 3. The molecule has 4 nitrogen and oxygen atoms in total. The molecule has 1 saturated heterocycles. The molecule has 6 heteroatoms. The summed E-state index contributed by atoms with van der Waals surface area (Å²) in [7, 11) is 3.65. The van der Waals surface area contributed by atoms with Gasteiger partial charge in [-0.2, -0.15) is 16.7 Å². The van der Waals surface area contributed by atoms with Gasteiger partial charge in [0.15, 0.2) is 0 Å². The van der Waals surface area contributed by atoms with Gasteiger partial charge in [0.05, 0.1) is 17.8 Å². The minimum atomic E-state index is 0.538. The van der Waals surface area contributed by atoms with E-state index in [4.69, 9.17) is 4.74 Å². The van der Waals surface area contributed by atoms with Gasteiger partial charge in [0.25, 0.3) is 0 Å². The van der Waals surface area contributed by atoms with Crippen molar-refractivity contribution in [3.05, 3.63) is 10.7 Å². The van der Waals surface area contributed by atoms with Crippen LogP contribution in [0.25, 0.3) is 0 Å². The minimum Gasteiger partial charge on any atom is -0.480 e. The van der Waals surface area contributed by atoms with E-state index in [0.29, 0.717) is 11.9 Å². The highest BCUT2D eigenvalue weighted by molar-refractivity contribution is 9.10. The SMILES string of the molecule is COc1nc(N(C)C2CCSC2)ncc1Br. The van der Waals surface area contributed by atoms with Crippen molar-refractivity contribution in [3.63, 3.8) is 0 Å². The summed E-state index contributed by atoms with van der Waals surface area (Å²) >= 11 is 5.33. The van der Waals surface area contributed by atoms with Crippen molar-refractivity contribution in [2.45, 2.75) is 12.5 Å². The zero-order valence-corrected chi connectivity index (χ0v) is 11.7. The Labute approximate surface area is 108 Å². The predicted molar refractivity (Wildman–Crippen MR) is 70.4 cm³/mol. The Morgan fingerprint density at radius 1 is 1.62 bits per heavy atom. The summed E-state index contributed by atoms with van der Waals surface area (Å²) in [4.78, 5) is 10.8. The third-order valence-electron chi connectivity index (χ3n) is 2.66. The van der Waals surface area contributed by atoms with Crippen LogP contribution in [-0.4, -0.2) is 41.7 Å². The van der Waals surface area contributed by atoms with Crippen LogP contribution in [0.3, 0.4) is 0 Å². The van der Waals surface area contributed by atoms with Gasteiger partial charge in [-0.15, -0.1) is 0 Å². The first-order valence-corrected chi connectivity index (χ1v) is 7.04. The van der Waals surface area contributed by atoms with E-state index < -0.39 is 0 Å². The fourth-order valence-electron chi connectivity index (χ4n) is 1.65. The lowest BCUT2D eigenvalue weighted by atomic mass is 10.2. The van der Waals surface area contributed by atoms with Gasteiger partial charge < -0.3 is 9.64 Å². The number of halogens is 1. The second-order valence-electron chi connectivity index (χ2n) is 3.66. The van der Waals surface area contributed by atoms with Crippen LogP contribution in [0.15, 0.2) is 10.7 Å². The van der Waals surface area contributed by atoms with Gasteiger partial charge >= 0.3 is 0 Å². The molecule has 1 aromatic rings. The first kappa shape index (κ1) is 12.0. The molecule has 2 rings (SSSR count). The second kappa shape index (κ2) is 5.23. The second-order valence-corrected chi connectivity index (χ2v) is 5.66. The maximum atomic E-state index is 5.17. The largest absolute Gasteiger partial charge is 0.480 e. The van der Waals surface area contributed by atoms with Crippen LogP contribution in [-0.2, 0) is 0 Å². The molecule has 16 heavy (non-hydrogen) atoms. The Kier molecular flexibility index (Phi) is 3.91. The first-order chi connectivity index (χ1) is 7.72. The molecule has 0 bridgehead atoms. The van der Waals surface area contributed by atoms with E-state index in [1.165, 1.54) is 12.2 Å². The van der Waals surface area contributed by atoms with E-state index in [0.717, 1.165) is 16.2 Å². The van der Waals surface area contributed by atoms with Crippen molar-refractivity contribution in [1.29, 1.82) is 0 Å². The van der Waals surface area contributed by atoms with Crippen molar-refractivity contribution < 1.29 is 4.74 Å². The standard InChI is InChI=1S/C10H14BrN3OS/c1-14(7-3-4-16-6-7)10-12-5-8(11)9(13-10)15-2/h5,7H,3-4,6H2,1-2H3. The topological polar surface area (TPSA) is 38.2 Å². The summed E-state index contributed by atoms with van der Waals surface area (Å²) in [5.41, 5.74) is 0. The molecular formula is C10H14BrN3OS. The Morgan fingerprint density at radius 3 is 3.06 bits per heavy atom. The lowest BCUT2D eigenvalue weighted by Crippen LogP contribution is -2.32. The van der Waals surface area contributed by atoms with E-state index in [1.807, 2.05) is 18.8 Å². The van der Waals surface area contributed by atoms with Crippen molar-refractivity contribution in [2.75, 3.05) is 30.6 Å². The summed E-state index contributed by atoms with van der Waals surface area (Å²) in [5, 5.41) is 0. The van der Waals surface area contributed by atoms with Crippen LogP contribution < -0.4 is 9.64 Å². The van der Waals surface area contributed by atoms with Gasteiger partial charge in [0.1, 0.15) is 0 Å². The minimum absolute atomic E-state index is 0.538. The molecule has 0 aromatic carbocycles. The smallest absolute Gasteiger partial charge is 0.232 e. The Bertz CT molecular complexity index is 371. The monoisotopic (exact) mass is 303 g/mol. The maximum absolute atomic E-state index is 5.17. The molecule has 0 saturated carbocycles. The van der Waals surface area contributed by atoms with Crippen LogP contribution in [0, 0.1) is 0 Å². The van der Waals surface area contributed by atoms with Gasteiger partial charge in [-0.05, 0) is 28.1 Å². The fraction of sp³-hybridized carbons (Fsp3) is 0.600. The van der Waals surface area contributed by atoms with Crippen molar-refractivity contribution in [2.24, 2.45) is 0 Å². The molecule has 1 fully saturated rings. The average molecular weight is 304 g/mol. The van der Waals surface area contributed by atoms with Crippen molar-refractivity contribution in [1.82, 2.24) is 9.97 Å². The Balaban J connectivity index is 2.19. The normalized spacial score (nSPS) is 19.8. The van der Waals surface area contributed by atoms with Crippen LogP contribution >= 0.6 is 27.7 Å². The zero-order chi connectivity index (χ0) is 11.5. The molecular weight excluding hydrogens is 290 g/mol. The third kappa shape index (κ3) is 2.43. The van der Waals surface area contributed by atoms with E-state index >= 15 is 0 Å². The molecule has 1 atom stereocenters. The molecule has 1 aromatic heterocycles. The molecule has 0 amide bonds. The van der Waals surface area contributed by atoms with Gasteiger partial charge in [0, 0.05) is 18.8 Å². The fourth-order valence-corrected chi connectivity index (χ4v) is 3.27. The number of rotatable bonds is 3. The molecule has 2 heterocycles. The summed E-state index contributed by atoms with van der Waals surface area (Å²) in [6.07, 6.45) is 2.93. The number of aromatic nitrogens is 2. The van der Waals surface area contributed by atoms with Gasteiger partial charge in [-0.1, -0.05) is 0 Å². The van der Waals surface area contributed by atoms with Crippen LogP contribution in [0.5, 0.6) is 5.88 Å². The number of methoxy groups -OCH3 is 1. The number of hydrogen-bond acceptors (Lipinski definition) is 5. The number of thioether (sulfide) groups is 1. The van der Waals surface area contributed by atoms with Gasteiger partial charge in [0.2, 0.25) is 11.8 Å². The van der Waals surface area contributed by atoms with Crippen LogP contribution in [0.1, 0.15) is 6.42 Å². The van der Waals surface area contributed by atoms with Gasteiger partial charge in [-0.25, -0.2) is 4.98 Å². The quantitative estimate of drug-likeness (QED) is 0.856. The van der Waals surface area contributed by atoms with E-state index in [1.54, 1.807) is 13.3 Å². The van der Waals surface area contributed by atoms with E-state index in [9.17, 15) is 0 Å². The highest BCUT2D eigenvalue weighted by Gasteiger charge is 2.22. The molecule has 1 aliphatic heterocycles. The van der Waals surface area contributed by atoms with Crippen LogP contribution in [0.2, 0.25) is 0 Å². The highest BCUT2D eigenvalue weighted by Crippen LogP contribution is 2.27. The predicted octanol–water partition coefficient (Wildman–Crippen LogP) is 2.19. The summed E-state index contributed by atoms with van der Waals surface area (Å²) in [6, 6.07) is 0.538. The molecule has 0 radical (unpaired) electrons. The molecule has 88 valence electrons. The number of hydrogen-bond donors (Lipinski definition) is 0. The van der Waals surface area contributed by atoms with E-state index in [2.05, 4.69) is 30.8 Å². The van der Waals surface area contributed by atoms with Gasteiger partial charge in [-0.3, -0.25) is 0 Å². The molecule has 0 spiro atoms. The summed E-state index contributed by atoms with van der Waals surface area (Å²) in [5.74, 6) is 3.69. The first-order valence-electron chi connectivity index (χ1n) is 5.09. The molecule has 1 unspecified atom stereocenters. The zero-order valence-electron chi connectivity index (χ0n) is 9.31. The van der Waals surface area contributed by atoms with E-state index in [-0.39, 0.29) is 0 Å². The Morgan fingerprint density at radius 2 is 2.44 bits per heavy atom. The molecule has 0 N–H and O–H groups in total. The molecule has 0 aliphatic carbocycles. The Hall–Kier alpha value is -0.490.